The lowest BCUT2D eigenvalue weighted by atomic mass is 9.97. The monoisotopic (exact) mass is 399 g/mol. The largest absolute Gasteiger partial charge is 0.299 e. The van der Waals surface area contributed by atoms with Crippen molar-refractivity contribution in [2.75, 3.05) is 45.8 Å². The Hall–Kier alpha value is -1.16. The summed E-state index contributed by atoms with van der Waals surface area (Å²) in [7, 11) is 0. The maximum Gasteiger partial charge on any atom is 0.0233 e. The van der Waals surface area contributed by atoms with Crippen molar-refractivity contribution >= 4 is 0 Å². The second kappa shape index (κ2) is 11.9. The molecule has 0 amide bonds. The lowest BCUT2D eigenvalue weighted by molar-refractivity contribution is 0.0177. The molecule has 0 radical (unpaired) electrons. The van der Waals surface area contributed by atoms with Gasteiger partial charge in [0.2, 0.25) is 0 Å². The summed E-state index contributed by atoms with van der Waals surface area (Å²) in [6.45, 7) is 25.6. The molecule has 29 heavy (non-hydrogen) atoms. The Labute approximate surface area is 180 Å². The second-order valence-corrected chi connectivity index (χ2v) is 9.38. The number of rotatable bonds is 8. The molecule has 0 spiro atoms. The van der Waals surface area contributed by atoms with Gasteiger partial charge in [-0.25, -0.2) is 0 Å². The van der Waals surface area contributed by atoms with Gasteiger partial charge in [0.1, 0.15) is 0 Å². The van der Waals surface area contributed by atoms with Gasteiger partial charge in [-0.05, 0) is 72.5 Å². The number of nitrogens with zero attached hydrogens (tertiary/aromatic N) is 3. The molecule has 0 aromatic heterocycles. The van der Waals surface area contributed by atoms with Crippen LogP contribution in [0.1, 0.15) is 60.8 Å². The van der Waals surface area contributed by atoms with Crippen molar-refractivity contribution < 1.29 is 0 Å². The summed E-state index contributed by atoms with van der Waals surface area (Å²) in [5, 5.41) is 0. The second-order valence-electron chi connectivity index (χ2n) is 9.38. The number of likely N-dealkylation sites (tertiary alicyclic amines) is 1. The van der Waals surface area contributed by atoms with Gasteiger partial charge in [0, 0.05) is 44.8 Å². The van der Waals surface area contributed by atoms with Crippen LogP contribution in [0.2, 0.25) is 0 Å². The van der Waals surface area contributed by atoms with Crippen molar-refractivity contribution in [3.8, 4) is 0 Å². The number of piperazine rings is 1. The molecule has 0 aliphatic carbocycles. The van der Waals surface area contributed by atoms with Crippen molar-refractivity contribution in [2.45, 2.75) is 72.9 Å². The predicted octanol–water partition coefficient (Wildman–Crippen LogP) is 5.28. The van der Waals surface area contributed by atoms with Crippen molar-refractivity contribution in [2.24, 2.45) is 0 Å². The summed E-state index contributed by atoms with van der Waals surface area (Å²) in [4.78, 5) is 8.15. The summed E-state index contributed by atoms with van der Waals surface area (Å²) in [5.41, 5.74) is 5.49. The number of hydrogen-bond acceptors (Lipinski definition) is 3. The fourth-order valence-corrected chi connectivity index (χ4v) is 4.64. The van der Waals surface area contributed by atoms with Crippen LogP contribution < -0.4 is 0 Å². The fraction of sp³-hybridized carbons (Fsp3) is 0.692. The van der Waals surface area contributed by atoms with Gasteiger partial charge >= 0.3 is 0 Å². The summed E-state index contributed by atoms with van der Waals surface area (Å²) in [5.74, 6) is 0. The molecule has 0 aromatic rings. The molecule has 2 rings (SSSR count). The molecule has 164 valence electrons. The van der Waals surface area contributed by atoms with E-state index >= 15 is 0 Å². The van der Waals surface area contributed by atoms with Crippen LogP contribution in [0.25, 0.3) is 0 Å². The van der Waals surface area contributed by atoms with Crippen molar-refractivity contribution in [3.05, 3.63) is 47.1 Å². The molecular weight excluding hydrogens is 354 g/mol. The molecule has 1 atom stereocenters. The van der Waals surface area contributed by atoms with Gasteiger partial charge in [0.05, 0.1) is 0 Å². The van der Waals surface area contributed by atoms with Crippen molar-refractivity contribution in [3.63, 3.8) is 0 Å². The number of piperidine rings is 1. The van der Waals surface area contributed by atoms with Gasteiger partial charge in [-0.15, -0.1) is 0 Å². The molecule has 0 N–H and O–H groups in total. The van der Waals surface area contributed by atoms with E-state index in [2.05, 4.69) is 81.0 Å². The van der Waals surface area contributed by atoms with E-state index < -0.39 is 0 Å². The van der Waals surface area contributed by atoms with Gasteiger partial charge in [-0.3, -0.25) is 14.7 Å². The SMILES string of the molecule is C=C(C)/C=C\C(CN1CCC(N2CCN(C/C(C)=C\C)CC2CC)CC1)=C(C)C. The van der Waals surface area contributed by atoms with Crippen molar-refractivity contribution in [1.82, 2.24) is 14.7 Å². The van der Waals surface area contributed by atoms with Gasteiger partial charge in [-0.1, -0.05) is 48.5 Å². The lowest BCUT2D eigenvalue weighted by Gasteiger charge is -2.47. The number of hydrogen-bond donors (Lipinski definition) is 0. The molecule has 3 heteroatoms. The highest BCUT2D eigenvalue weighted by atomic mass is 15.3. The molecular formula is C26H45N3. The van der Waals surface area contributed by atoms with Crippen LogP contribution >= 0.6 is 0 Å². The maximum absolute atomic E-state index is 4.00. The molecule has 0 aromatic carbocycles. The third kappa shape index (κ3) is 7.55. The summed E-state index contributed by atoms with van der Waals surface area (Å²) in [6, 6.07) is 1.49. The molecule has 2 aliphatic rings. The van der Waals surface area contributed by atoms with Crippen LogP contribution in [-0.2, 0) is 0 Å². The molecule has 2 fully saturated rings. The first-order valence-corrected chi connectivity index (χ1v) is 11.7. The number of allylic oxidation sites excluding steroid dienone is 4. The minimum atomic E-state index is 0.719. The zero-order chi connectivity index (χ0) is 21.4. The van der Waals surface area contributed by atoms with E-state index in [9.17, 15) is 0 Å². The molecule has 0 bridgehead atoms. The van der Waals surface area contributed by atoms with Crippen LogP contribution in [0, 0.1) is 0 Å². The van der Waals surface area contributed by atoms with E-state index in [-0.39, 0.29) is 0 Å². The van der Waals surface area contributed by atoms with E-state index in [1.54, 1.807) is 0 Å². The summed E-state index contributed by atoms with van der Waals surface area (Å²) in [6.07, 6.45) is 10.6. The highest BCUT2D eigenvalue weighted by molar-refractivity contribution is 5.29. The molecule has 2 heterocycles. The Kier molecular flexibility index (Phi) is 9.88. The van der Waals surface area contributed by atoms with Gasteiger partial charge in [0.15, 0.2) is 0 Å². The zero-order valence-electron chi connectivity index (χ0n) is 20.0. The quantitative estimate of drug-likeness (QED) is 0.406. The Morgan fingerprint density at radius 1 is 0.931 bits per heavy atom. The van der Waals surface area contributed by atoms with Crippen molar-refractivity contribution in [1.29, 1.82) is 0 Å². The standard InChI is InChI=1S/C26H45N3/c1-8-23(7)18-28-16-17-29(25(9-2)20-28)26-12-14-27(15-13-26)19-24(22(5)6)11-10-21(3)4/h8,10-11,25-26H,3,9,12-20H2,1-2,4-7H3/b11-10-,23-8-. The Balaban J connectivity index is 1.88. The molecule has 3 nitrogen and oxygen atoms in total. The van der Waals surface area contributed by atoms with E-state index in [0.29, 0.717) is 0 Å². The van der Waals surface area contributed by atoms with E-state index in [0.717, 1.165) is 30.7 Å². The van der Waals surface area contributed by atoms with E-state index in [4.69, 9.17) is 0 Å². The van der Waals surface area contributed by atoms with Gasteiger partial charge < -0.3 is 0 Å². The zero-order valence-corrected chi connectivity index (χ0v) is 20.0. The fourth-order valence-electron chi connectivity index (χ4n) is 4.64. The third-order valence-electron chi connectivity index (χ3n) is 6.68. The Morgan fingerprint density at radius 3 is 2.17 bits per heavy atom. The Morgan fingerprint density at radius 2 is 1.62 bits per heavy atom. The van der Waals surface area contributed by atoms with Crippen LogP contribution in [0.5, 0.6) is 0 Å². The summed E-state index contributed by atoms with van der Waals surface area (Å²) < 4.78 is 0. The highest BCUT2D eigenvalue weighted by Crippen LogP contribution is 2.24. The average molecular weight is 400 g/mol. The van der Waals surface area contributed by atoms with Crippen LogP contribution in [0.15, 0.2) is 47.1 Å². The minimum absolute atomic E-state index is 0.719. The smallest absolute Gasteiger partial charge is 0.0233 e. The summed E-state index contributed by atoms with van der Waals surface area (Å²) >= 11 is 0. The molecule has 2 saturated heterocycles. The average Bonchev–Trinajstić information content (AvgIpc) is 2.71. The van der Waals surface area contributed by atoms with Crippen LogP contribution in [-0.4, -0.2) is 72.6 Å². The first kappa shape index (κ1) is 24.1. The van der Waals surface area contributed by atoms with Crippen LogP contribution in [0.4, 0.5) is 0 Å². The van der Waals surface area contributed by atoms with Crippen LogP contribution in [0.3, 0.4) is 0 Å². The third-order valence-corrected chi connectivity index (χ3v) is 6.68. The minimum Gasteiger partial charge on any atom is -0.299 e. The Bertz CT molecular complexity index is 616. The van der Waals surface area contributed by atoms with E-state index in [1.807, 2.05) is 0 Å². The first-order chi connectivity index (χ1) is 13.8. The first-order valence-electron chi connectivity index (χ1n) is 11.7. The molecule has 1 unspecified atom stereocenters. The lowest BCUT2D eigenvalue weighted by Crippen LogP contribution is -2.58. The van der Waals surface area contributed by atoms with E-state index in [1.165, 1.54) is 68.7 Å². The van der Waals surface area contributed by atoms with Gasteiger partial charge in [-0.2, -0.15) is 0 Å². The maximum atomic E-state index is 4.00. The molecule has 0 saturated carbocycles. The predicted molar refractivity (Wildman–Crippen MR) is 128 cm³/mol. The highest BCUT2D eigenvalue weighted by Gasteiger charge is 2.32. The normalized spacial score (nSPS) is 23.7. The van der Waals surface area contributed by atoms with Gasteiger partial charge in [0.25, 0.3) is 0 Å². The topological polar surface area (TPSA) is 9.72 Å². The molecule has 2 aliphatic heterocycles.